The van der Waals surface area contributed by atoms with E-state index in [1.807, 2.05) is 60.7 Å². The predicted molar refractivity (Wildman–Crippen MR) is 94.7 cm³/mol. The first-order chi connectivity index (χ1) is 11.8. The smallest absolute Gasteiger partial charge is 0.271 e. The number of aliphatic imine (C=N–C) groups is 1. The van der Waals surface area contributed by atoms with E-state index in [0.717, 1.165) is 22.6 Å². The zero-order valence-electron chi connectivity index (χ0n) is 12.8. The number of para-hydroxylation sites is 2. The van der Waals surface area contributed by atoms with Gasteiger partial charge in [-0.15, -0.1) is 0 Å². The molecule has 0 fully saturated rings. The minimum atomic E-state index is -0.174. The largest absolute Gasteiger partial charge is 0.487 e. The lowest BCUT2D eigenvalue weighted by Crippen LogP contribution is -2.04. The van der Waals surface area contributed by atoms with Crippen molar-refractivity contribution in [3.05, 3.63) is 81.8 Å². The van der Waals surface area contributed by atoms with E-state index in [1.165, 1.54) is 0 Å². The summed E-state index contributed by atoms with van der Waals surface area (Å²) in [5, 5.41) is 5.51. The van der Waals surface area contributed by atoms with Gasteiger partial charge in [0.15, 0.2) is 0 Å². The van der Waals surface area contributed by atoms with Crippen molar-refractivity contribution in [1.82, 2.24) is 10.2 Å². The topological polar surface area (TPSA) is 70.2 Å². The van der Waals surface area contributed by atoms with Gasteiger partial charge in [-0.2, -0.15) is 0 Å². The number of nitrogens with zero attached hydrogens (tertiary/aromatic N) is 1. The fraction of sp³-hybridized carbons (Fsp3) is 0.0526. The average molecular weight is 317 g/mol. The molecule has 0 unspecified atom stereocenters. The summed E-state index contributed by atoms with van der Waals surface area (Å²) >= 11 is 0. The highest BCUT2D eigenvalue weighted by atomic mass is 16.5. The molecule has 5 nitrogen and oxygen atoms in total. The number of allylic oxidation sites excluding steroid dienone is 1. The van der Waals surface area contributed by atoms with Crippen molar-refractivity contribution in [1.29, 1.82) is 0 Å². The summed E-state index contributed by atoms with van der Waals surface area (Å²) in [5.41, 5.74) is 3.94. The van der Waals surface area contributed by atoms with E-state index >= 15 is 0 Å². The number of ether oxygens (including phenoxy) is 1. The number of fused-ring (bicyclic) bond motifs is 1. The summed E-state index contributed by atoms with van der Waals surface area (Å²) in [6.45, 7) is 0.278. The molecule has 2 N–H and O–H groups in total. The van der Waals surface area contributed by atoms with Crippen molar-refractivity contribution in [2.45, 2.75) is 6.61 Å². The second kappa shape index (κ2) is 6.04. The number of hydrogen-bond donors (Lipinski definition) is 2. The van der Waals surface area contributed by atoms with Crippen LogP contribution < -0.4 is 10.3 Å². The lowest BCUT2D eigenvalue weighted by Gasteiger charge is -2.05. The molecular weight excluding hydrogens is 302 g/mol. The number of aromatic nitrogens is 2. The molecule has 0 spiro atoms. The lowest BCUT2D eigenvalue weighted by molar-refractivity contribution is 0.301. The van der Waals surface area contributed by atoms with E-state index in [4.69, 9.17) is 4.74 Å². The van der Waals surface area contributed by atoms with Crippen LogP contribution in [-0.4, -0.2) is 16.4 Å². The first-order valence-electron chi connectivity index (χ1n) is 7.64. The number of hydrogen-bond acceptors (Lipinski definition) is 3. The fourth-order valence-corrected chi connectivity index (χ4v) is 2.65. The van der Waals surface area contributed by atoms with Crippen LogP contribution in [0.1, 0.15) is 16.8 Å². The number of benzene rings is 2. The van der Waals surface area contributed by atoms with Crippen LogP contribution in [0.5, 0.6) is 5.75 Å². The molecule has 0 saturated heterocycles. The van der Waals surface area contributed by atoms with E-state index in [2.05, 4.69) is 15.2 Å². The molecule has 118 valence electrons. The van der Waals surface area contributed by atoms with Gasteiger partial charge in [-0.05, 0) is 24.3 Å². The molecule has 0 amide bonds. The number of nitrogens with one attached hydrogen (secondary N) is 2. The van der Waals surface area contributed by atoms with Gasteiger partial charge in [-0.3, -0.25) is 20.0 Å². The molecule has 0 aliphatic carbocycles. The van der Waals surface area contributed by atoms with Crippen LogP contribution in [0.4, 0.5) is 5.69 Å². The Morgan fingerprint density at radius 2 is 1.79 bits per heavy atom. The third kappa shape index (κ3) is 2.67. The Balaban J connectivity index is 1.63. The predicted octanol–water partition coefficient (Wildman–Crippen LogP) is 3.54. The summed E-state index contributed by atoms with van der Waals surface area (Å²) in [7, 11) is 0. The molecule has 0 atom stereocenters. The molecule has 1 aliphatic heterocycles. The minimum absolute atomic E-state index is 0.174. The van der Waals surface area contributed by atoms with Crippen molar-refractivity contribution in [3.8, 4) is 5.75 Å². The van der Waals surface area contributed by atoms with Crippen molar-refractivity contribution >= 4 is 23.6 Å². The van der Waals surface area contributed by atoms with Gasteiger partial charge in [-0.25, -0.2) is 0 Å². The summed E-state index contributed by atoms with van der Waals surface area (Å²) in [6.07, 6.45) is 3.62. The summed E-state index contributed by atoms with van der Waals surface area (Å²) in [5.74, 6) is 0.755. The maximum Gasteiger partial charge on any atom is 0.271 e. The van der Waals surface area contributed by atoms with Crippen LogP contribution in [0, 0.1) is 0 Å². The van der Waals surface area contributed by atoms with Gasteiger partial charge in [0, 0.05) is 17.4 Å². The van der Waals surface area contributed by atoms with Crippen molar-refractivity contribution in [2.75, 3.05) is 0 Å². The van der Waals surface area contributed by atoms with Crippen LogP contribution in [0.15, 0.2) is 64.4 Å². The Morgan fingerprint density at radius 1 is 1.00 bits per heavy atom. The molecule has 5 heteroatoms. The Bertz CT molecular complexity index is 981. The molecule has 1 aliphatic rings. The maximum absolute atomic E-state index is 12.1. The molecule has 4 rings (SSSR count). The molecule has 0 bridgehead atoms. The number of aromatic amines is 2. The third-order valence-corrected chi connectivity index (χ3v) is 3.88. The van der Waals surface area contributed by atoms with Gasteiger partial charge in [0.1, 0.15) is 12.4 Å². The molecular formula is C19H15N3O2. The van der Waals surface area contributed by atoms with Crippen LogP contribution in [0.2, 0.25) is 0 Å². The maximum atomic E-state index is 12.1. The van der Waals surface area contributed by atoms with Crippen molar-refractivity contribution in [3.63, 3.8) is 0 Å². The highest BCUT2D eigenvalue weighted by molar-refractivity contribution is 6.21. The van der Waals surface area contributed by atoms with Gasteiger partial charge in [0.05, 0.1) is 16.9 Å². The second-order valence-corrected chi connectivity index (χ2v) is 5.45. The Labute approximate surface area is 138 Å². The van der Waals surface area contributed by atoms with Crippen LogP contribution in [-0.2, 0) is 6.61 Å². The van der Waals surface area contributed by atoms with Crippen molar-refractivity contribution in [2.24, 2.45) is 4.99 Å². The van der Waals surface area contributed by atoms with Gasteiger partial charge in [0.2, 0.25) is 0 Å². The minimum Gasteiger partial charge on any atom is -0.487 e. The molecule has 1 aromatic heterocycles. The van der Waals surface area contributed by atoms with Crippen molar-refractivity contribution < 1.29 is 4.74 Å². The standard InChI is InChI=1S/C19H15N3O2/c23-19-16(10-13-11-20-17-9-5-4-8-15(13)17)18(21-22-19)12-24-14-6-2-1-3-7-14/h1-11H,12H2,(H2,21,22,23). The van der Waals surface area contributed by atoms with Gasteiger partial charge in [-0.1, -0.05) is 36.4 Å². The zero-order chi connectivity index (χ0) is 16.4. The number of rotatable bonds is 4. The summed E-state index contributed by atoms with van der Waals surface area (Å²) in [6, 6.07) is 17.4. The Kier molecular flexibility index (Phi) is 3.59. The molecule has 24 heavy (non-hydrogen) atoms. The average Bonchev–Trinajstić information content (AvgIpc) is 3.19. The third-order valence-electron chi connectivity index (χ3n) is 3.88. The van der Waals surface area contributed by atoms with E-state index in [0.29, 0.717) is 11.3 Å². The molecule has 0 saturated carbocycles. The Morgan fingerprint density at radius 3 is 2.67 bits per heavy atom. The van der Waals surface area contributed by atoms with Gasteiger partial charge < -0.3 is 4.74 Å². The Hall–Kier alpha value is -3.34. The molecule has 0 radical (unpaired) electrons. The zero-order valence-corrected chi connectivity index (χ0v) is 12.8. The van der Waals surface area contributed by atoms with Gasteiger partial charge in [0.25, 0.3) is 5.56 Å². The second-order valence-electron chi connectivity index (χ2n) is 5.45. The molecule has 3 aromatic rings. The molecule has 2 heterocycles. The van der Waals surface area contributed by atoms with Crippen LogP contribution >= 0.6 is 0 Å². The van der Waals surface area contributed by atoms with Gasteiger partial charge >= 0.3 is 0 Å². The first-order valence-corrected chi connectivity index (χ1v) is 7.64. The fourth-order valence-electron chi connectivity index (χ4n) is 2.65. The lowest BCUT2D eigenvalue weighted by atomic mass is 10.0. The van der Waals surface area contributed by atoms with Crippen LogP contribution in [0.3, 0.4) is 0 Å². The first kappa shape index (κ1) is 14.3. The molecule has 2 aromatic carbocycles. The monoisotopic (exact) mass is 317 g/mol. The van der Waals surface area contributed by atoms with E-state index in [1.54, 1.807) is 6.21 Å². The highest BCUT2D eigenvalue weighted by Crippen LogP contribution is 2.32. The highest BCUT2D eigenvalue weighted by Gasteiger charge is 2.14. The quantitative estimate of drug-likeness (QED) is 0.772. The van der Waals surface area contributed by atoms with Crippen LogP contribution in [0.25, 0.3) is 11.6 Å². The summed E-state index contributed by atoms with van der Waals surface area (Å²) in [4.78, 5) is 16.5. The van der Waals surface area contributed by atoms with E-state index in [-0.39, 0.29) is 12.2 Å². The number of H-pyrrole nitrogens is 2. The van der Waals surface area contributed by atoms with E-state index < -0.39 is 0 Å². The SMILES string of the molecule is O=c1[nH][nH]c(COc2ccccc2)c1C=C1C=Nc2ccccc21. The van der Waals surface area contributed by atoms with E-state index in [9.17, 15) is 4.79 Å². The normalized spacial score (nSPS) is 14.1. The summed E-state index contributed by atoms with van der Waals surface area (Å²) < 4.78 is 5.73.